The molecule has 0 aliphatic heterocycles. The van der Waals surface area contributed by atoms with Gasteiger partial charge in [0, 0.05) is 19.2 Å². The smallest absolute Gasteiger partial charge is 0.0474 e. The summed E-state index contributed by atoms with van der Waals surface area (Å²) in [5.74, 6) is 1.32. The monoisotopic (exact) mass is 197 g/mol. The Morgan fingerprint density at radius 1 is 1.07 bits per heavy atom. The molecule has 0 aromatic carbocycles. The summed E-state index contributed by atoms with van der Waals surface area (Å²) in [5, 5.41) is 12.9. The number of hydrogen-bond acceptors (Lipinski definition) is 2. The van der Waals surface area contributed by atoms with Gasteiger partial charge in [0.1, 0.15) is 0 Å². The normalized spacial score (nSPS) is 26.4. The van der Waals surface area contributed by atoms with Crippen molar-refractivity contribution < 1.29 is 5.11 Å². The second kappa shape index (κ2) is 5.13. The highest BCUT2D eigenvalue weighted by Gasteiger charge is 2.26. The standard InChI is InChI=1S/C12H23NO/c14-9-11(8-13-12-6-7-12)10-4-2-1-3-5-10/h10-14H,1-9H2. The number of aliphatic hydroxyl groups excluding tert-OH is 1. The summed E-state index contributed by atoms with van der Waals surface area (Å²) in [4.78, 5) is 0. The third-order valence-corrected chi connectivity index (χ3v) is 3.80. The Balaban J connectivity index is 1.71. The maximum Gasteiger partial charge on any atom is 0.0474 e. The quantitative estimate of drug-likeness (QED) is 0.706. The Labute approximate surface area is 87.1 Å². The maximum atomic E-state index is 9.37. The van der Waals surface area contributed by atoms with Crippen molar-refractivity contribution in [3.8, 4) is 0 Å². The lowest BCUT2D eigenvalue weighted by molar-refractivity contribution is 0.145. The first-order chi connectivity index (χ1) is 6.90. The van der Waals surface area contributed by atoms with Crippen LogP contribution in [0, 0.1) is 11.8 Å². The number of rotatable bonds is 5. The maximum absolute atomic E-state index is 9.37. The largest absolute Gasteiger partial charge is 0.396 e. The highest BCUT2D eigenvalue weighted by molar-refractivity contribution is 4.83. The molecule has 2 nitrogen and oxygen atoms in total. The molecule has 2 aliphatic rings. The zero-order chi connectivity index (χ0) is 9.80. The van der Waals surface area contributed by atoms with Crippen LogP contribution in [0.5, 0.6) is 0 Å². The van der Waals surface area contributed by atoms with Gasteiger partial charge in [-0.05, 0) is 24.7 Å². The van der Waals surface area contributed by atoms with Crippen LogP contribution in [0.15, 0.2) is 0 Å². The van der Waals surface area contributed by atoms with Gasteiger partial charge in [0.25, 0.3) is 0 Å². The van der Waals surface area contributed by atoms with Crippen LogP contribution in [0.25, 0.3) is 0 Å². The first kappa shape index (κ1) is 10.4. The van der Waals surface area contributed by atoms with E-state index in [-0.39, 0.29) is 0 Å². The molecule has 1 unspecified atom stereocenters. The van der Waals surface area contributed by atoms with E-state index >= 15 is 0 Å². The van der Waals surface area contributed by atoms with Gasteiger partial charge in [-0.1, -0.05) is 32.1 Å². The fourth-order valence-electron chi connectivity index (χ4n) is 2.59. The average molecular weight is 197 g/mol. The molecular weight excluding hydrogens is 174 g/mol. The molecule has 0 heterocycles. The van der Waals surface area contributed by atoms with E-state index in [2.05, 4.69) is 5.32 Å². The van der Waals surface area contributed by atoms with Crippen molar-refractivity contribution in [3.63, 3.8) is 0 Å². The number of hydrogen-bond donors (Lipinski definition) is 2. The van der Waals surface area contributed by atoms with Gasteiger partial charge in [-0.15, -0.1) is 0 Å². The molecule has 0 saturated heterocycles. The summed E-state index contributed by atoms with van der Waals surface area (Å²) in [6, 6.07) is 0.785. The van der Waals surface area contributed by atoms with Gasteiger partial charge in [0.2, 0.25) is 0 Å². The first-order valence-electron chi connectivity index (χ1n) is 6.24. The van der Waals surface area contributed by atoms with Crippen LogP contribution < -0.4 is 5.32 Å². The fraction of sp³-hybridized carbons (Fsp3) is 1.00. The van der Waals surface area contributed by atoms with Crippen LogP contribution >= 0.6 is 0 Å². The van der Waals surface area contributed by atoms with Gasteiger partial charge >= 0.3 is 0 Å². The summed E-state index contributed by atoms with van der Waals surface area (Å²) in [7, 11) is 0. The lowest BCUT2D eigenvalue weighted by atomic mass is 9.80. The molecular formula is C12H23NO. The molecule has 2 heteroatoms. The molecule has 2 fully saturated rings. The van der Waals surface area contributed by atoms with Crippen molar-refractivity contribution in [1.82, 2.24) is 5.32 Å². The molecule has 2 N–H and O–H groups in total. The Bertz CT molecular complexity index is 162. The number of aliphatic hydroxyl groups is 1. The summed E-state index contributed by atoms with van der Waals surface area (Å²) < 4.78 is 0. The molecule has 0 amide bonds. The molecule has 0 aromatic heterocycles. The van der Waals surface area contributed by atoms with Gasteiger partial charge in [-0.25, -0.2) is 0 Å². The van der Waals surface area contributed by atoms with Crippen molar-refractivity contribution >= 4 is 0 Å². The Kier molecular flexibility index (Phi) is 3.82. The molecule has 2 rings (SSSR count). The van der Waals surface area contributed by atoms with Crippen molar-refractivity contribution in [3.05, 3.63) is 0 Å². The second-order valence-electron chi connectivity index (χ2n) is 5.02. The lowest BCUT2D eigenvalue weighted by Crippen LogP contribution is -2.32. The Morgan fingerprint density at radius 2 is 1.79 bits per heavy atom. The molecule has 82 valence electrons. The van der Waals surface area contributed by atoms with Crippen LogP contribution in [0.2, 0.25) is 0 Å². The lowest BCUT2D eigenvalue weighted by Gasteiger charge is -2.29. The van der Waals surface area contributed by atoms with E-state index in [4.69, 9.17) is 0 Å². The molecule has 0 radical (unpaired) electrons. The van der Waals surface area contributed by atoms with Crippen LogP contribution in [0.1, 0.15) is 44.9 Å². The summed E-state index contributed by atoms with van der Waals surface area (Å²) in [6.45, 7) is 1.43. The van der Waals surface area contributed by atoms with Gasteiger partial charge < -0.3 is 10.4 Å². The van der Waals surface area contributed by atoms with Crippen molar-refractivity contribution in [1.29, 1.82) is 0 Å². The van der Waals surface area contributed by atoms with Crippen molar-refractivity contribution in [2.45, 2.75) is 51.0 Å². The van der Waals surface area contributed by atoms with E-state index in [1.165, 1.54) is 44.9 Å². The minimum absolute atomic E-state index is 0.379. The highest BCUT2D eigenvalue weighted by Crippen LogP contribution is 2.30. The minimum Gasteiger partial charge on any atom is -0.396 e. The third-order valence-electron chi connectivity index (χ3n) is 3.80. The van der Waals surface area contributed by atoms with Gasteiger partial charge in [0.15, 0.2) is 0 Å². The van der Waals surface area contributed by atoms with E-state index in [0.29, 0.717) is 12.5 Å². The minimum atomic E-state index is 0.379. The highest BCUT2D eigenvalue weighted by atomic mass is 16.3. The predicted octanol–water partition coefficient (Wildman–Crippen LogP) is 1.93. The van der Waals surface area contributed by atoms with E-state index < -0.39 is 0 Å². The Morgan fingerprint density at radius 3 is 2.36 bits per heavy atom. The van der Waals surface area contributed by atoms with E-state index in [1.54, 1.807) is 0 Å². The van der Waals surface area contributed by atoms with Crippen LogP contribution in [0.4, 0.5) is 0 Å². The van der Waals surface area contributed by atoms with Crippen LogP contribution in [-0.2, 0) is 0 Å². The zero-order valence-corrected chi connectivity index (χ0v) is 9.04. The molecule has 2 aliphatic carbocycles. The van der Waals surface area contributed by atoms with Gasteiger partial charge in [-0.2, -0.15) is 0 Å². The molecule has 0 spiro atoms. The van der Waals surface area contributed by atoms with E-state index in [1.807, 2.05) is 0 Å². The van der Waals surface area contributed by atoms with Crippen molar-refractivity contribution in [2.75, 3.05) is 13.2 Å². The fourth-order valence-corrected chi connectivity index (χ4v) is 2.59. The summed E-state index contributed by atoms with van der Waals surface area (Å²) >= 11 is 0. The molecule has 0 bridgehead atoms. The second-order valence-corrected chi connectivity index (χ2v) is 5.02. The van der Waals surface area contributed by atoms with Gasteiger partial charge in [-0.3, -0.25) is 0 Å². The third kappa shape index (κ3) is 2.96. The summed E-state index contributed by atoms with van der Waals surface area (Å²) in [5.41, 5.74) is 0. The summed E-state index contributed by atoms with van der Waals surface area (Å²) in [6.07, 6.45) is 9.56. The predicted molar refractivity (Wildman–Crippen MR) is 58.2 cm³/mol. The Hall–Kier alpha value is -0.0800. The zero-order valence-electron chi connectivity index (χ0n) is 9.04. The van der Waals surface area contributed by atoms with E-state index in [9.17, 15) is 5.11 Å². The van der Waals surface area contributed by atoms with Crippen molar-refractivity contribution in [2.24, 2.45) is 11.8 Å². The van der Waals surface area contributed by atoms with E-state index in [0.717, 1.165) is 18.5 Å². The number of nitrogens with one attached hydrogen (secondary N) is 1. The molecule has 14 heavy (non-hydrogen) atoms. The topological polar surface area (TPSA) is 32.3 Å². The molecule has 1 atom stereocenters. The van der Waals surface area contributed by atoms with Crippen LogP contribution in [-0.4, -0.2) is 24.3 Å². The first-order valence-corrected chi connectivity index (χ1v) is 6.24. The van der Waals surface area contributed by atoms with Crippen LogP contribution in [0.3, 0.4) is 0 Å². The molecule has 2 saturated carbocycles. The molecule has 0 aromatic rings. The van der Waals surface area contributed by atoms with Gasteiger partial charge in [0.05, 0.1) is 0 Å². The average Bonchev–Trinajstić information content (AvgIpc) is 3.04. The SMILES string of the molecule is OCC(CNC1CC1)C1CCCCC1.